The standard InChI is InChI=1S/C19H23NO4/c1-4-19(17(21)23-2,18(22)24-3)12-9-10-14-13-7-5-6-8-15(13)20-16(14)11-12/h5-8,12,20H,4,9-11H2,1-3H3. The molecule has 0 bridgehead atoms. The topological polar surface area (TPSA) is 68.4 Å². The number of carbonyl (C=O) groups is 2. The van der Waals surface area contributed by atoms with Crippen LogP contribution >= 0.6 is 0 Å². The van der Waals surface area contributed by atoms with Crippen molar-refractivity contribution in [3.05, 3.63) is 35.5 Å². The number of aromatic amines is 1. The largest absolute Gasteiger partial charge is 0.468 e. The zero-order chi connectivity index (χ0) is 17.3. The van der Waals surface area contributed by atoms with Crippen LogP contribution < -0.4 is 0 Å². The lowest BCUT2D eigenvalue weighted by Gasteiger charge is -2.37. The maximum absolute atomic E-state index is 12.5. The van der Waals surface area contributed by atoms with E-state index in [9.17, 15) is 9.59 Å². The lowest BCUT2D eigenvalue weighted by Crippen LogP contribution is -2.48. The summed E-state index contributed by atoms with van der Waals surface area (Å²) >= 11 is 0. The normalized spacial score (nSPS) is 17.4. The van der Waals surface area contributed by atoms with Crippen molar-refractivity contribution < 1.29 is 19.1 Å². The Labute approximate surface area is 141 Å². The van der Waals surface area contributed by atoms with E-state index in [1.54, 1.807) is 0 Å². The number of hydrogen-bond acceptors (Lipinski definition) is 4. The molecule has 1 heterocycles. The summed E-state index contributed by atoms with van der Waals surface area (Å²) in [7, 11) is 2.65. The molecule has 5 heteroatoms. The minimum Gasteiger partial charge on any atom is -0.468 e. The molecular formula is C19H23NO4. The van der Waals surface area contributed by atoms with E-state index in [1.165, 1.54) is 25.2 Å². The van der Waals surface area contributed by atoms with Gasteiger partial charge in [0.05, 0.1) is 14.2 Å². The van der Waals surface area contributed by atoms with Gasteiger partial charge in [-0.3, -0.25) is 9.59 Å². The maximum Gasteiger partial charge on any atom is 0.323 e. The van der Waals surface area contributed by atoms with Crippen molar-refractivity contribution in [1.29, 1.82) is 0 Å². The van der Waals surface area contributed by atoms with E-state index in [1.807, 2.05) is 19.1 Å². The van der Waals surface area contributed by atoms with E-state index in [4.69, 9.17) is 9.47 Å². The number of ether oxygens (including phenoxy) is 2. The number of aromatic nitrogens is 1. The number of methoxy groups -OCH3 is 2. The predicted octanol–water partition coefficient (Wildman–Crippen LogP) is 3.02. The van der Waals surface area contributed by atoms with Gasteiger partial charge in [0.25, 0.3) is 0 Å². The Hall–Kier alpha value is -2.30. The number of benzene rings is 1. The molecule has 1 aliphatic rings. The third-order valence-corrected chi connectivity index (χ3v) is 5.45. The van der Waals surface area contributed by atoms with Crippen LogP contribution in [0.25, 0.3) is 10.9 Å². The van der Waals surface area contributed by atoms with Crippen LogP contribution in [0.3, 0.4) is 0 Å². The third kappa shape index (κ3) is 2.30. The summed E-state index contributed by atoms with van der Waals surface area (Å²) in [6.07, 6.45) is 2.60. The van der Waals surface area contributed by atoms with Crippen molar-refractivity contribution in [2.45, 2.75) is 32.6 Å². The molecule has 0 saturated heterocycles. The van der Waals surface area contributed by atoms with E-state index in [0.717, 1.165) is 24.1 Å². The number of hydrogen-bond donors (Lipinski definition) is 1. The van der Waals surface area contributed by atoms with Gasteiger partial charge in [0, 0.05) is 16.6 Å². The zero-order valence-corrected chi connectivity index (χ0v) is 14.3. The van der Waals surface area contributed by atoms with Crippen LogP contribution in [0.5, 0.6) is 0 Å². The average Bonchev–Trinajstić information content (AvgIpc) is 3.00. The summed E-state index contributed by atoms with van der Waals surface area (Å²) in [4.78, 5) is 28.5. The molecule has 2 aromatic rings. The van der Waals surface area contributed by atoms with Crippen LogP contribution in [0.4, 0.5) is 0 Å². The summed E-state index contributed by atoms with van der Waals surface area (Å²) in [6.45, 7) is 1.84. The van der Waals surface area contributed by atoms with Gasteiger partial charge in [-0.15, -0.1) is 0 Å². The molecule has 0 saturated carbocycles. The number of nitrogens with one attached hydrogen (secondary N) is 1. The fraction of sp³-hybridized carbons (Fsp3) is 0.474. The third-order valence-electron chi connectivity index (χ3n) is 5.45. The number of H-pyrrole nitrogens is 1. The summed E-state index contributed by atoms with van der Waals surface area (Å²) in [5, 5.41) is 1.23. The van der Waals surface area contributed by atoms with Crippen molar-refractivity contribution in [3.8, 4) is 0 Å². The monoisotopic (exact) mass is 329 g/mol. The summed E-state index contributed by atoms with van der Waals surface area (Å²) in [5.41, 5.74) is 2.26. The summed E-state index contributed by atoms with van der Waals surface area (Å²) in [5.74, 6) is -1.13. The first-order valence-electron chi connectivity index (χ1n) is 8.33. The minimum absolute atomic E-state index is 0.136. The van der Waals surface area contributed by atoms with Gasteiger partial charge in [-0.05, 0) is 43.2 Å². The first-order chi connectivity index (χ1) is 11.6. The SMILES string of the molecule is CCC(C(=O)OC)(C(=O)OC)C1CCc2c([nH]c3ccccc23)C1. The first kappa shape index (κ1) is 16.6. The fourth-order valence-corrected chi connectivity index (χ4v) is 4.16. The van der Waals surface area contributed by atoms with Crippen LogP contribution in [0, 0.1) is 11.3 Å². The molecule has 3 rings (SSSR count). The number of aryl methyl sites for hydroxylation is 1. The average molecular weight is 329 g/mol. The molecule has 128 valence electrons. The molecule has 1 aromatic carbocycles. The Balaban J connectivity index is 2.02. The molecule has 1 aliphatic carbocycles. The highest BCUT2D eigenvalue weighted by Crippen LogP contribution is 2.43. The predicted molar refractivity (Wildman–Crippen MR) is 90.6 cm³/mol. The number of carbonyl (C=O) groups excluding carboxylic acids is 2. The molecule has 1 atom stereocenters. The Morgan fingerprint density at radius 3 is 2.50 bits per heavy atom. The van der Waals surface area contributed by atoms with E-state index < -0.39 is 17.4 Å². The van der Waals surface area contributed by atoms with Crippen LogP contribution in [-0.4, -0.2) is 31.1 Å². The van der Waals surface area contributed by atoms with E-state index in [0.29, 0.717) is 12.8 Å². The highest BCUT2D eigenvalue weighted by atomic mass is 16.5. The molecule has 0 spiro atoms. The fourth-order valence-electron chi connectivity index (χ4n) is 4.16. The maximum atomic E-state index is 12.5. The molecule has 0 aliphatic heterocycles. The van der Waals surface area contributed by atoms with E-state index in [-0.39, 0.29) is 5.92 Å². The highest BCUT2D eigenvalue weighted by molar-refractivity contribution is 6.00. The molecule has 0 amide bonds. The van der Waals surface area contributed by atoms with Gasteiger partial charge in [-0.2, -0.15) is 0 Å². The molecular weight excluding hydrogens is 306 g/mol. The van der Waals surface area contributed by atoms with Gasteiger partial charge >= 0.3 is 11.9 Å². The smallest absolute Gasteiger partial charge is 0.323 e. The lowest BCUT2D eigenvalue weighted by atomic mass is 9.66. The second kappa shape index (κ2) is 6.30. The van der Waals surface area contributed by atoms with Crippen LogP contribution in [-0.2, 0) is 31.9 Å². The number of fused-ring (bicyclic) bond motifs is 3. The molecule has 1 N–H and O–H groups in total. The summed E-state index contributed by atoms with van der Waals surface area (Å²) < 4.78 is 9.96. The number of rotatable bonds is 4. The Kier molecular flexibility index (Phi) is 4.35. The molecule has 24 heavy (non-hydrogen) atoms. The quantitative estimate of drug-likeness (QED) is 0.691. The highest BCUT2D eigenvalue weighted by Gasteiger charge is 2.53. The van der Waals surface area contributed by atoms with Crippen molar-refractivity contribution in [3.63, 3.8) is 0 Å². The Morgan fingerprint density at radius 2 is 1.88 bits per heavy atom. The van der Waals surface area contributed by atoms with Gasteiger partial charge in [0.2, 0.25) is 0 Å². The molecule has 1 unspecified atom stereocenters. The van der Waals surface area contributed by atoms with Gasteiger partial charge in [-0.1, -0.05) is 25.1 Å². The van der Waals surface area contributed by atoms with E-state index in [2.05, 4.69) is 17.1 Å². The Morgan fingerprint density at radius 1 is 1.21 bits per heavy atom. The first-order valence-corrected chi connectivity index (χ1v) is 8.33. The van der Waals surface area contributed by atoms with Crippen LogP contribution in [0.2, 0.25) is 0 Å². The molecule has 5 nitrogen and oxygen atoms in total. The molecule has 0 fully saturated rings. The van der Waals surface area contributed by atoms with Gasteiger partial charge in [-0.25, -0.2) is 0 Å². The number of esters is 2. The molecule has 0 radical (unpaired) electrons. The Bertz CT molecular complexity index is 761. The van der Waals surface area contributed by atoms with Crippen LogP contribution in [0.1, 0.15) is 31.0 Å². The van der Waals surface area contributed by atoms with Gasteiger partial charge in [0.1, 0.15) is 0 Å². The zero-order valence-electron chi connectivity index (χ0n) is 14.3. The van der Waals surface area contributed by atoms with Crippen molar-refractivity contribution in [1.82, 2.24) is 4.98 Å². The second-order valence-corrected chi connectivity index (χ2v) is 6.38. The van der Waals surface area contributed by atoms with Gasteiger partial charge < -0.3 is 14.5 Å². The van der Waals surface area contributed by atoms with Gasteiger partial charge in [0.15, 0.2) is 5.41 Å². The van der Waals surface area contributed by atoms with Crippen molar-refractivity contribution in [2.75, 3.05) is 14.2 Å². The minimum atomic E-state index is -1.24. The summed E-state index contributed by atoms with van der Waals surface area (Å²) in [6, 6.07) is 8.19. The second-order valence-electron chi connectivity index (χ2n) is 6.38. The van der Waals surface area contributed by atoms with E-state index >= 15 is 0 Å². The molecule has 1 aromatic heterocycles. The van der Waals surface area contributed by atoms with Crippen molar-refractivity contribution in [2.24, 2.45) is 11.3 Å². The van der Waals surface area contributed by atoms with Crippen molar-refractivity contribution >= 4 is 22.8 Å². The lowest BCUT2D eigenvalue weighted by molar-refractivity contribution is -0.174. The van der Waals surface area contributed by atoms with Crippen LogP contribution in [0.15, 0.2) is 24.3 Å². The number of para-hydroxylation sites is 1.